The number of carbonyl (C=O) groups is 2. The molecule has 1 aromatic carbocycles. The van der Waals surface area contributed by atoms with Crippen molar-refractivity contribution in [3.05, 3.63) is 33.3 Å². The summed E-state index contributed by atoms with van der Waals surface area (Å²) in [7, 11) is 0. The summed E-state index contributed by atoms with van der Waals surface area (Å²) in [6.45, 7) is -0.608. The van der Waals surface area contributed by atoms with Crippen LogP contribution >= 0.6 is 34.8 Å². The fourth-order valence-corrected chi connectivity index (χ4v) is 4.50. The van der Waals surface area contributed by atoms with E-state index in [2.05, 4.69) is 0 Å². The van der Waals surface area contributed by atoms with Crippen molar-refractivity contribution in [1.29, 1.82) is 0 Å². The molecule has 3 rings (SSSR count). The van der Waals surface area contributed by atoms with Crippen molar-refractivity contribution in [2.45, 2.75) is 25.7 Å². The summed E-state index contributed by atoms with van der Waals surface area (Å²) in [6.07, 6.45) is 4.24. The quantitative estimate of drug-likeness (QED) is 0.727. The Morgan fingerprint density at radius 3 is 2.75 bits per heavy atom. The van der Waals surface area contributed by atoms with E-state index in [1.807, 2.05) is 0 Å². The molecule has 0 spiro atoms. The van der Waals surface area contributed by atoms with Crippen LogP contribution in [0.15, 0.2) is 12.1 Å². The van der Waals surface area contributed by atoms with Crippen LogP contribution in [-0.4, -0.2) is 24.2 Å². The number of carbonyl (C=O) groups excluding carboxylic acids is 2. The van der Waals surface area contributed by atoms with Crippen molar-refractivity contribution in [3.8, 4) is 5.75 Å². The molecule has 24 heavy (non-hydrogen) atoms. The van der Waals surface area contributed by atoms with Crippen molar-refractivity contribution in [2.75, 3.05) is 12.5 Å². The van der Waals surface area contributed by atoms with Crippen molar-refractivity contribution >= 4 is 52.1 Å². The molecule has 0 saturated carbocycles. The molecule has 0 aromatic heterocycles. The van der Waals surface area contributed by atoms with E-state index < -0.39 is 12.6 Å². The Balaban J connectivity index is 2.09. The minimum absolute atomic E-state index is 0.0625. The van der Waals surface area contributed by atoms with Gasteiger partial charge in [0.2, 0.25) is 0 Å². The fraction of sp³-hybridized carbons (Fsp3) is 0.412. The number of fused-ring (bicyclic) bond motifs is 3. The lowest BCUT2D eigenvalue weighted by molar-refractivity contribution is -0.307. The van der Waals surface area contributed by atoms with Gasteiger partial charge < -0.3 is 14.6 Å². The molecule has 4 nitrogen and oxygen atoms in total. The lowest BCUT2D eigenvalue weighted by atomic mass is 9.71. The Labute approximate surface area is 154 Å². The molecule has 2 aliphatic rings. The van der Waals surface area contributed by atoms with Gasteiger partial charge in [-0.15, -0.1) is 11.6 Å². The first-order chi connectivity index (χ1) is 11.4. The first kappa shape index (κ1) is 17.6. The topological polar surface area (TPSA) is 66.4 Å². The second-order valence-electron chi connectivity index (χ2n) is 6.12. The lowest BCUT2D eigenvalue weighted by Gasteiger charge is -2.33. The average Bonchev–Trinajstić information content (AvgIpc) is 2.83. The van der Waals surface area contributed by atoms with E-state index in [4.69, 9.17) is 39.5 Å². The van der Waals surface area contributed by atoms with Crippen LogP contribution in [0, 0.1) is 5.41 Å². The smallest absolute Gasteiger partial charge is 0.156 e. The fourth-order valence-electron chi connectivity index (χ4n) is 3.62. The third-order valence-electron chi connectivity index (χ3n) is 4.70. The zero-order valence-electron chi connectivity index (χ0n) is 12.7. The lowest BCUT2D eigenvalue weighted by Crippen LogP contribution is -2.29. The second-order valence-corrected chi connectivity index (χ2v) is 7.25. The number of aliphatic carboxylic acids is 1. The van der Waals surface area contributed by atoms with Gasteiger partial charge in [0, 0.05) is 23.3 Å². The molecular weight excluding hydrogens is 375 g/mol. The Bertz CT molecular complexity index is 757. The number of allylic oxidation sites excluding steroid dienone is 2. The van der Waals surface area contributed by atoms with Crippen LogP contribution in [-0.2, 0) is 16.0 Å². The highest BCUT2D eigenvalue weighted by Gasteiger charge is 2.45. The predicted octanol–water partition coefficient (Wildman–Crippen LogP) is 3.04. The summed E-state index contributed by atoms with van der Waals surface area (Å²) < 4.78 is 5.18. The Hall–Kier alpha value is -1.23. The second kappa shape index (κ2) is 6.58. The van der Waals surface area contributed by atoms with Crippen LogP contribution in [0.3, 0.4) is 0 Å². The average molecular weight is 389 g/mol. The number of halogens is 3. The molecule has 1 aromatic rings. The molecule has 2 aliphatic carbocycles. The van der Waals surface area contributed by atoms with Crippen LogP contribution in [0.4, 0.5) is 0 Å². The van der Waals surface area contributed by atoms with Gasteiger partial charge in [-0.25, -0.2) is 0 Å². The summed E-state index contributed by atoms with van der Waals surface area (Å²) in [5.41, 5.74) is 2.30. The van der Waals surface area contributed by atoms with Crippen LogP contribution < -0.4 is 9.84 Å². The van der Waals surface area contributed by atoms with Crippen molar-refractivity contribution in [1.82, 2.24) is 0 Å². The highest BCUT2D eigenvalue weighted by molar-refractivity contribution is 6.44. The van der Waals surface area contributed by atoms with Crippen LogP contribution in [0.5, 0.6) is 5.75 Å². The third-order valence-corrected chi connectivity index (χ3v) is 5.74. The van der Waals surface area contributed by atoms with Crippen molar-refractivity contribution in [2.24, 2.45) is 5.41 Å². The number of ether oxygens (including phenoxy) is 1. The largest absolute Gasteiger partial charge is 0.546 e. The Kier molecular flexibility index (Phi) is 4.82. The van der Waals surface area contributed by atoms with E-state index in [1.54, 1.807) is 12.1 Å². The molecule has 0 N–H and O–H groups in total. The van der Waals surface area contributed by atoms with Crippen LogP contribution in [0.25, 0.3) is 5.57 Å². The number of alkyl halides is 1. The highest BCUT2D eigenvalue weighted by Crippen LogP contribution is 2.57. The standard InChI is InChI=1S/C17H15Cl3O4/c18-4-3-17-2-1-10(21)6-11(17)14-9(7-17)5-12(15(19)16(14)20)24-8-13(22)23/h5-6H,1-4,7-8H2,(H,22,23)/p-1. The number of benzene rings is 1. The van der Waals surface area contributed by atoms with Gasteiger partial charge in [-0.1, -0.05) is 23.2 Å². The number of carboxylic acids is 1. The number of ketones is 1. The normalized spacial score (nSPS) is 22.0. The zero-order valence-corrected chi connectivity index (χ0v) is 14.9. The summed E-state index contributed by atoms with van der Waals surface area (Å²) >= 11 is 18.7. The molecule has 0 bridgehead atoms. The van der Waals surface area contributed by atoms with Gasteiger partial charge in [-0.3, -0.25) is 4.79 Å². The molecular formula is C17H14Cl3O4-. The summed E-state index contributed by atoms with van der Waals surface area (Å²) in [5.74, 6) is -0.606. The van der Waals surface area contributed by atoms with Crippen molar-refractivity contribution < 1.29 is 19.4 Å². The van der Waals surface area contributed by atoms with Crippen LogP contribution in [0.1, 0.15) is 30.4 Å². The maximum atomic E-state index is 11.9. The number of hydrogen-bond donors (Lipinski definition) is 0. The maximum absolute atomic E-state index is 11.9. The summed E-state index contributed by atoms with van der Waals surface area (Å²) in [6, 6.07) is 1.70. The van der Waals surface area contributed by atoms with Gasteiger partial charge in [-0.05, 0) is 42.5 Å². The van der Waals surface area contributed by atoms with E-state index in [9.17, 15) is 14.7 Å². The van der Waals surface area contributed by atoms with E-state index in [-0.39, 0.29) is 27.0 Å². The Morgan fingerprint density at radius 2 is 2.08 bits per heavy atom. The van der Waals surface area contributed by atoms with Crippen molar-refractivity contribution in [3.63, 3.8) is 0 Å². The SMILES string of the molecule is O=C([O-])COc1cc2c(c(Cl)c1Cl)C1=CC(=O)CCC1(CCCl)C2. The zero-order chi connectivity index (χ0) is 17.5. The molecule has 0 amide bonds. The first-order valence-electron chi connectivity index (χ1n) is 7.53. The monoisotopic (exact) mass is 387 g/mol. The number of rotatable bonds is 5. The third kappa shape index (κ3) is 2.92. The predicted molar refractivity (Wildman–Crippen MR) is 90.7 cm³/mol. The molecule has 0 heterocycles. The van der Waals surface area contributed by atoms with Crippen LogP contribution in [0.2, 0.25) is 10.0 Å². The van der Waals surface area contributed by atoms with Gasteiger partial charge in [0.15, 0.2) is 5.78 Å². The van der Waals surface area contributed by atoms with Gasteiger partial charge in [0.25, 0.3) is 0 Å². The van der Waals surface area contributed by atoms with Gasteiger partial charge in [0.05, 0.1) is 11.0 Å². The Morgan fingerprint density at radius 1 is 1.33 bits per heavy atom. The molecule has 7 heteroatoms. The molecule has 128 valence electrons. The van der Waals surface area contributed by atoms with E-state index >= 15 is 0 Å². The van der Waals surface area contributed by atoms with E-state index in [0.29, 0.717) is 25.1 Å². The minimum Gasteiger partial charge on any atom is -0.546 e. The molecule has 0 fully saturated rings. The number of carboxylic acid groups (broad SMARTS) is 1. The van der Waals surface area contributed by atoms with Gasteiger partial charge >= 0.3 is 0 Å². The molecule has 1 atom stereocenters. The molecule has 0 saturated heterocycles. The molecule has 0 aliphatic heterocycles. The van der Waals surface area contributed by atoms with Gasteiger partial charge in [0.1, 0.15) is 17.4 Å². The number of hydrogen-bond acceptors (Lipinski definition) is 4. The highest BCUT2D eigenvalue weighted by atomic mass is 35.5. The molecule has 0 radical (unpaired) electrons. The maximum Gasteiger partial charge on any atom is 0.156 e. The van der Waals surface area contributed by atoms with E-state index in [0.717, 1.165) is 23.1 Å². The summed E-state index contributed by atoms with van der Waals surface area (Å²) in [4.78, 5) is 22.5. The first-order valence-corrected chi connectivity index (χ1v) is 8.82. The molecule has 1 unspecified atom stereocenters. The minimum atomic E-state index is -1.34. The van der Waals surface area contributed by atoms with Gasteiger partial charge in [-0.2, -0.15) is 0 Å². The summed E-state index contributed by atoms with van der Waals surface area (Å²) in [5, 5.41) is 11.0. The van der Waals surface area contributed by atoms with E-state index in [1.165, 1.54) is 0 Å².